The van der Waals surface area contributed by atoms with Crippen molar-refractivity contribution >= 4 is 23.3 Å². The van der Waals surface area contributed by atoms with Crippen LogP contribution in [0.2, 0.25) is 0 Å². The number of rotatable bonds is 11. The van der Waals surface area contributed by atoms with Crippen molar-refractivity contribution in [2.24, 2.45) is 0 Å². The molecule has 2 N–H and O–H groups in total. The van der Waals surface area contributed by atoms with Gasteiger partial charge in [-0.1, -0.05) is 26.2 Å². The van der Waals surface area contributed by atoms with Crippen molar-refractivity contribution in [2.45, 2.75) is 52.9 Å². The molecule has 0 aromatic carbocycles. The summed E-state index contributed by atoms with van der Waals surface area (Å²) in [6, 6.07) is 0.130. The van der Waals surface area contributed by atoms with E-state index in [2.05, 4.69) is 27.5 Å². The van der Waals surface area contributed by atoms with E-state index in [4.69, 9.17) is 9.47 Å². The summed E-state index contributed by atoms with van der Waals surface area (Å²) in [7, 11) is 1.57. The van der Waals surface area contributed by atoms with Crippen LogP contribution in [0.5, 0.6) is 6.01 Å². The Bertz CT molecular complexity index is 578. The standard InChI is InChI=1S/C17H28N4O4/c1-5-6-7-8-9-14(23)20-16-15(19-13(3)22)12(2)18-17(21-16)25-11-10-24-4/h5-11H2,1-4H3,(H,19,22)(H,18,20,21,23). The van der Waals surface area contributed by atoms with E-state index in [0.29, 0.717) is 31.0 Å². The second kappa shape index (κ2) is 11.4. The predicted molar refractivity (Wildman–Crippen MR) is 95.8 cm³/mol. The Balaban J connectivity index is 2.86. The van der Waals surface area contributed by atoms with E-state index in [9.17, 15) is 9.59 Å². The van der Waals surface area contributed by atoms with Crippen LogP contribution < -0.4 is 15.4 Å². The molecule has 0 aliphatic carbocycles. The molecule has 0 radical (unpaired) electrons. The first-order chi connectivity index (χ1) is 12.0. The lowest BCUT2D eigenvalue weighted by Crippen LogP contribution is -2.18. The first-order valence-electron chi connectivity index (χ1n) is 8.55. The fourth-order valence-electron chi connectivity index (χ4n) is 2.15. The highest BCUT2D eigenvalue weighted by Gasteiger charge is 2.16. The minimum Gasteiger partial charge on any atom is -0.461 e. The number of carbonyl (C=O) groups excluding carboxylic acids is 2. The number of methoxy groups -OCH3 is 1. The molecule has 8 heteroatoms. The number of hydrogen-bond donors (Lipinski definition) is 2. The van der Waals surface area contributed by atoms with E-state index >= 15 is 0 Å². The van der Waals surface area contributed by atoms with Gasteiger partial charge < -0.3 is 20.1 Å². The maximum atomic E-state index is 12.2. The molecule has 1 aromatic heterocycles. The fourth-order valence-corrected chi connectivity index (χ4v) is 2.15. The zero-order valence-corrected chi connectivity index (χ0v) is 15.5. The topological polar surface area (TPSA) is 102 Å². The van der Waals surface area contributed by atoms with Gasteiger partial charge in [0.1, 0.15) is 12.3 Å². The van der Waals surface area contributed by atoms with Crippen LogP contribution in [-0.2, 0) is 14.3 Å². The maximum absolute atomic E-state index is 12.2. The summed E-state index contributed by atoms with van der Waals surface area (Å²) in [6.07, 6.45) is 4.45. The molecular formula is C17H28N4O4. The van der Waals surface area contributed by atoms with Crippen molar-refractivity contribution in [2.75, 3.05) is 31.0 Å². The molecular weight excluding hydrogens is 324 g/mol. The lowest BCUT2D eigenvalue weighted by molar-refractivity contribution is -0.116. The van der Waals surface area contributed by atoms with Crippen molar-refractivity contribution < 1.29 is 19.1 Å². The van der Waals surface area contributed by atoms with Crippen LogP contribution in [0.1, 0.15) is 51.6 Å². The van der Waals surface area contributed by atoms with Crippen LogP contribution in [0.15, 0.2) is 0 Å². The lowest BCUT2D eigenvalue weighted by Gasteiger charge is -2.14. The third-order valence-corrected chi connectivity index (χ3v) is 3.40. The molecule has 0 aliphatic rings. The molecule has 0 bridgehead atoms. The quantitative estimate of drug-likeness (QED) is 0.594. The number of nitrogens with zero attached hydrogens (tertiary/aromatic N) is 2. The van der Waals surface area contributed by atoms with Crippen molar-refractivity contribution in [3.05, 3.63) is 5.69 Å². The van der Waals surface area contributed by atoms with Gasteiger partial charge in [0, 0.05) is 20.5 Å². The average molecular weight is 352 g/mol. The third-order valence-electron chi connectivity index (χ3n) is 3.40. The van der Waals surface area contributed by atoms with Gasteiger partial charge in [0.05, 0.1) is 12.3 Å². The molecule has 0 saturated heterocycles. The van der Waals surface area contributed by atoms with E-state index in [-0.39, 0.29) is 23.6 Å². The molecule has 1 heterocycles. The van der Waals surface area contributed by atoms with Gasteiger partial charge in [-0.2, -0.15) is 9.97 Å². The molecule has 25 heavy (non-hydrogen) atoms. The minimum atomic E-state index is -0.266. The number of carbonyl (C=O) groups is 2. The third kappa shape index (κ3) is 7.93. The Kier molecular flexibility index (Phi) is 9.46. The predicted octanol–water partition coefficient (Wildman–Crippen LogP) is 2.68. The zero-order valence-electron chi connectivity index (χ0n) is 15.5. The molecule has 1 aromatic rings. The number of unbranched alkanes of at least 4 members (excludes halogenated alkanes) is 3. The summed E-state index contributed by atoms with van der Waals surface area (Å²) in [5.41, 5.74) is 0.896. The van der Waals surface area contributed by atoms with E-state index in [0.717, 1.165) is 25.7 Å². The monoisotopic (exact) mass is 352 g/mol. The minimum absolute atomic E-state index is 0.130. The van der Waals surface area contributed by atoms with Gasteiger partial charge in [-0.15, -0.1) is 0 Å². The van der Waals surface area contributed by atoms with Crippen LogP contribution in [-0.4, -0.2) is 42.1 Å². The van der Waals surface area contributed by atoms with E-state index < -0.39 is 0 Å². The van der Waals surface area contributed by atoms with Crippen molar-refractivity contribution in [3.8, 4) is 6.01 Å². The molecule has 1 rings (SSSR count). The summed E-state index contributed by atoms with van der Waals surface area (Å²) in [4.78, 5) is 32.0. The molecule has 0 atom stereocenters. The SMILES string of the molecule is CCCCCCC(=O)Nc1nc(OCCOC)nc(C)c1NC(C)=O. The van der Waals surface area contributed by atoms with Crippen LogP contribution in [0.25, 0.3) is 0 Å². The Labute approximate surface area is 148 Å². The summed E-state index contributed by atoms with van der Waals surface area (Å²) in [5, 5.41) is 5.41. The normalized spacial score (nSPS) is 10.4. The number of aromatic nitrogens is 2. The summed E-state index contributed by atoms with van der Waals surface area (Å²) in [6.45, 7) is 5.91. The van der Waals surface area contributed by atoms with Gasteiger partial charge in [-0.05, 0) is 13.3 Å². The number of nitrogens with one attached hydrogen (secondary N) is 2. The summed E-state index contributed by atoms with van der Waals surface area (Å²) < 4.78 is 10.3. The lowest BCUT2D eigenvalue weighted by atomic mass is 10.1. The Morgan fingerprint density at radius 2 is 1.84 bits per heavy atom. The number of amides is 2. The van der Waals surface area contributed by atoms with Gasteiger partial charge >= 0.3 is 6.01 Å². The van der Waals surface area contributed by atoms with Crippen molar-refractivity contribution in [3.63, 3.8) is 0 Å². The van der Waals surface area contributed by atoms with E-state index in [1.165, 1.54) is 6.92 Å². The van der Waals surface area contributed by atoms with Crippen molar-refractivity contribution in [1.29, 1.82) is 0 Å². The first kappa shape index (κ1) is 20.8. The number of aryl methyl sites for hydroxylation is 1. The highest BCUT2D eigenvalue weighted by atomic mass is 16.5. The van der Waals surface area contributed by atoms with Gasteiger partial charge in [-0.3, -0.25) is 9.59 Å². The molecule has 2 amide bonds. The first-order valence-corrected chi connectivity index (χ1v) is 8.55. The van der Waals surface area contributed by atoms with Gasteiger partial charge in [0.2, 0.25) is 11.8 Å². The van der Waals surface area contributed by atoms with Crippen LogP contribution in [0, 0.1) is 6.92 Å². The largest absolute Gasteiger partial charge is 0.461 e. The van der Waals surface area contributed by atoms with E-state index in [1.807, 2.05) is 0 Å². The highest BCUT2D eigenvalue weighted by molar-refractivity contribution is 5.98. The molecule has 8 nitrogen and oxygen atoms in total. The summed E-state index contributed by atoms with van der Waals surface area (Å²) >= 11 is 0. The van der Waals surface area contributed by atoms with Crippen LogP contribution in [0.4, 0.5) is 11.5 Å². The number of anilines is 2. The Morgan fingerprint density at radius 1 is 1.08 bits per heavy atom. The second-order valence-corrected chi connectivity index (χ2v) is 5.70. The highest BCUT2D eigenvalue weighted by Crippen LogP contribution is 2.25. The molecule has 0 spiro atoms. The molecule has 0 unspecified atom stereocenters. The van der Waals surface area contributed by atoms with E-state index in [1.54, 1.807) is 14.0 Å². The number of ether oxygens (including phenoxy) is 2. The Morgan fingerprint density at radius 3 is 2.48 bits per heavy atom. The molecule has 140 valence electrons. The van der Waals surface area contributed by atoms with Gasteiger partial charge in [0.15, 0.2) is 5.82 Å². The number of hydrogen-bond acceptors (Lipinski definition) is 6. The van der Waals surface area contributed by atoms with Gasteiger partial charge in [0.25, 0.3) is 0 Å². The zero-order chi connectivity index (χ0) is 18.7. The fraction of sp³-hybridized carbons (Fsp3) is 0.647. The van der Waals surface area contributed by atoms with Gasteiger partial charge in [-0.25, -0.2) is 0 Å². The molecule has 0 saturated carbocycles. The maximum Gasteiger partial charge on any atom is 0.318 e. The van der Waals surface area contributed by atoms with Crippen LogP contribution >= 0.6 is 0 Å². The average Bonchev–Trinajstić information content (AvgIpc) is 2.55. The molecule has 0 fully saturated rings. The van der Waals surface area contributed by atoms with Crippen molar-refractivity contribution in [1.82, 2.24) is 9.97 Å². The molecule has 0 aliphatic heterocycles. The Hall–Kier alpha value is -2.22. The van der Waals surface area contributed by atoms with Crippen LogP contribution in [0.3, 0.4) is 0 Å². The summed E-state index contributed by atoms with van der Waals surface area (Å²) in [5.74, 6) is -0.169. The second-order valence-electron chi connectivity index (χ2n) is 5.70. The smallest absolute Gasteiger partial charge is 0.318 e.